The van der Waals surface area contributed by atoms with Crippen LogP contribution in [0, 0.1) is 6.92 Å². The van der Waals surface area contributed by atoms with E-state index in [0.29, 0.717) is 15.7 Å². The van der Waals surface area contributed by atoms with E-state index in [1.165, 1.54) is 0 Å². The molecule has 1 aromatic carbocycles. The first kappa shape index (κ1) is 17.0. The van der Waals surface area contributed by atoms with Crippen LogP contribution < -0.4 is 26.9 Å². The minimum atomic E-state index is -0.127. The number of hydrogen-bond donors (Lipinski definition) is 1. The molecule has 1 heterocycles. The standard InChI is InChI=1S/C13H13Cl2N3O.BrH/c1-9-17(2)3-4-18(9)8-13(19)16-12-6-10(14)5-11(15)7-12;/h3-7H,8H2,1-2H3;1H. The average molecular weight is 379 g/mol. The third-order valence-electron chi connectivity index (χ3n) is 2.86. The molecule has 0 aliphatic heterocycles. The summed E-state index contributed by atoms with van der Waals surface area (Å²) >= 11 is 11.8. The van der Waals surface area contributed by atoms with Gasteiger partial charge in [0.25, 0.3) is 11.7 Å². The molecular formula is C13H14BrCl2N3O. The molecular weight excluding hydrogens is 365 g/mol. The summed E-state index contributed by atoms with van der Waals surface area (Å²) in [6, 6.07) is 4.94. The molecule has 0 aliphatic rings. The fourth-order valence-corrected chi connectivity index (χ4v) is 2.27. The van der Waals surface area contributed by atoms with Crippen molar-refractivity contribution >= 4 is 34.8 Å². The van der Waals surface area contributed by atoms with Gasteiger partial charge in [0, 0.05) is 22.7 Å². The third kappa shape index (κ3) is 4.23. The molecule has 7 heteroatoms. The van der Waals surface area contributed by atoms with E-state index in [-0.39, 0.29) is 29.4 Å². The molecule has 2 rings (SSSR count). The number of aryl methyl sites for hydroxylation is 1. The Balaban J connectivity index is 0.00000200. The summed E-state index contributed by atoms with van der Waals surface area (Å²) in [5, 5.41) is 3.75. The Hall–Kier alpha value is -1.04. The number of nitrogens with one attached hydrogen (secondary N) is 1. The molecule has 1 amide bonds. The Morgan fingerprint density at radius 2 is 1.90 bits per heavy atom. The minimum absolute atomic E-state index is 0. The molecule has 0 fully saturated rings. The van der Waals surface area contributed by atoms with Gasteiger partial charge < -0.3 is 22.3 Å². The van der Waals surface area contributed by atoms with Crippen molar-refractivity contribution in [2.75, 3.05) is 5.32 Å². The molecule has 0 aliphatic carbocycles. The van der Waals surface area contributed by atoms with Crippen LogP contribution in [0.15, 0.2) is 30.6 Å². The van der Waals surface area contributed by atoms with E-state index in [1.807, 2.05) is 35.5 Å². The van der Waals surface area contributed by atoms with Crippen LogP contribution in [0.5, 0.6) is 0 Å². The fourth-order valence-electron chi connectivity index (χ4n) is 1.75. The summed E-state index contributed by atoms with van der Waals surface area (Å²) < 4.78 is 3.81. The van der Waals surface area contributed by atoms with Gasteiger partial charge in [0.05, 0.1) is 7.05 Å². The second-order valence-electron chi connectivity index (χ2n) is 4.29. The summed E-state index contributed by atoms with van der Waals surface area (Å²) in [4.78, 5) is 11.9. The van der Waals surface area contributed by atoms with Gasteiger partial charge in [-0.05, 0) is 18.2 Å². The molecule has 0 radical (unpaired) electrons. The number of nitrogens with zero attached hydrogens (tertiary/aromatic N) is 2. The van der Waals surface area contributed by atoms with E-state index in [4.69, 9.17) is 23.2 Å². The molecule has 1 N–H and O–H groups in total. The summed E-state index contributed by atoms with van der Waals surface area (Å²) in [5.41, 5.74) is 0.594. The zero-order chi connectivity index (χ0) is 14.0. The lowest BCUT2D eigenvalue weighted by molar-refractivity contribution is -0.677. The van der Waals surface area contributed by atoms with Crippen LogP contribution in [0.3, 0.4) is 0 Å². The van der Waals surface area contributed by atoms with Gasteiger partial charge in [-0.15, -0.1) is 0 Å². The molecule has 2 aromatic rings. The third-order valence-corrected chi connectivity index (χ3v) is 3.29. The maximum atomic E-state index is 11.9. The van der Waals surface area contributed by atoms with Crippen LogP contribution in [0.25, 0.3) is 0 Å². The normalized spacial score (nSPS) is 10.0. The summed E-state index contributed by atoms with van der Waals surface area (Å²) in [6.07, 6.45) is 3.76. The number of amides is 1. The maximum Gasteiger partial charge on any atom is 0.266 e. The Morgan fingerprint density at radius 1 is 1.30 bits per heavy atom. The van der Waals surface area contributed by atoms with Crippen LogP contribution >= 0.6 is 23.2 Å². The number of anilines is 1. The summed E-state index contributed by atoms with van der Waals surface area (Å²) in [7, 11) is 1.93. The van der Waals surface area contributed by atoms with Gasteiger partial charge in [0.1, 0.15) is 12.4 Å². The predicted octanol–water partition coefficient (Wildman–Crippen LogP) is -0.429. The van der Waals surface area contributed by atoms with Crippen LogP contribution in [0.1, 0.15) is 5.82 Å². The number of imidazole rings is 1. The molecule has 0 unspecified atom stereocenters. The fraction of sp³-hybridized carbons (Fsp3) is 0.231. The van der Waals surface area contributed by atoms with Gasteiger partial charge in [0.2, 0.25) is 0 Å². The SMILES string of the molecule is Cc1n(CC(=O)Nc2cc(Cl)cc(Cl)c2)cc[n+]1C.[Br-]. The second kappa shape index (κ2) is 7.11. The molecule has 1 aromatic heterocycles. The van der Waals surface area contributed by atoms with E-state index in [1.54, 1.807) is 18.2 Å². The molecule has 0 spiro atoms. The number of aromatic nitrogens is 2. The van der Waals surface area contributed by atoms with Crippen LogP contribution in [-0.2, 0) is 18.4 Å². The van der Waals surface area contributed by atoms with Crippen molar-refractivity contribution in [3.63, 3.8) is 0 Å². The lowest BCUT2D eigenvalue weighted by atomic mass is 10.3. The van der Waals surface area contributed by atoms with Crippen molar-refractivity contribution in [2.45, 2.75) is 13.5 Å². The first-order valence-electron chi connectivity index (χ1n) is 5.73. The van der Waals surface area contributed by atoms with Gasteiger partial charge in [-0.3, -0.25) is 4.79 Å². The number of halogens is 3. The topological polar surface area (TPSA) is 37.9 Å². The predicted molar refractivity (Wildman–Crippen MR) is 75.4 cm³/mol. The number of rotatable bonds is 3. The van der Waals surface area contributed by atoms with E-state index in [0.717, 1.165) is 5.82 Å². The van der Waals surface area contributed by atoms with Crippen LogP contribution in [0.2, 0.25) is 10.0 Å². The van der Waals surface area contributed by atoms with Crippen LogP contribution in [0.4, 0.5) is 5.69 Å². The number of hydrogen-bond acceptors (Lipinski definition) is 1. The highest BCUT2D eigenvalue weighted by Crippen LogP contribution is 2.22. The van der Waals surface area contributed by atoms with Gasteiger partial charge in [-0.25, -0.2) is 9.13 Å². The Bertz CT molecular complexity index is 608. The summed E-state index contributed by atoms with van der Waals surface area (Å²) in [5.74, 6) is 0.872. The molecule has 20 heavy (non-hydrogen) atoms. The highest BCUT2D eigenvalue weighted by molar-refractivity contribution is 6.35. The monoisotopic (exact) mass is 377 g/mol. The zero-order valence-electron chi connectivity index (χ0n) is 11.0. The minimum Gasteiger partial charge on any atom is -1.00 e. The first-order chi connectivity index (χ1) is 8.95. The second-order valence-corrected chi connectivity index (χ2v) is 5.16. The van der Waals surface area contributed by atoms with Crippen molar-refractivity contribution in [1.29, 1.82) is 0 Å². The molecule has 0 saturated heterocycles. The lowest BCUT2D eigenvalue weighted by Gasteiger charge is -2.05. The Kier molecular flexibility index (Phi) is 6.05. The zero-order valence-corrected chi connectivity index (χ0v) is 14.1. The molecule has 108 valence electrons. The van der Waals surface area contributed by atoms with E-state index < -0.39 is 0 Å². The van der Waals surface area contributed by atoms with Crippen LogP contribution in [-0.4, -0.2) is 10.5 Å². The Labute approximate surface area is 138 Å². The Morgan fingerprint density at radius 3 is 2.40 bits per heavy atom. The van der Waals surface area contributed by atoms with Crippen molar-refractivity contribution in [2.24, 2.45) is 7.05 Å². The number of carbonyl (C=O) groups excluding carboxylic acids is 1. The highest BCUT2D eigenvalue weighted by atomic mass is 79.9. The lowest BCUT2D eigenvalue weighted by Crippen LogP contribution is -3.00. The van der Waals surface area contributed by atoms with E-state index >= 15 is 0 Å². The smallest absolute Gasteiger partial charge is 0.266 e. The van der Waals surface area contributed by atoms with Crippen molar-refractivity contribution in [1.82, 2.24) is 4.57 Å². The largest absolute Gasteiger partial charge is 1.00 e. The molecule has 0 saturated carbocycles. The van der Waals surface area contributed by atoms with Crippen molar-refractivity contribution in [3.05, 3.63) is 46.5 Å². The van der Waals surface area contributed by atoms with Gasteiger partial charge >= 0.3 is 0 Å². The highest BCUT2D eigenvalue weighted by Gasteiger charge is 2.13. The molecule has 0 atom stereocenters. The van der Waals surface area contributed by atoms with Gasteiger partial charge in [0.15, 0.2) is 6.54 Å². The number of carbonyl (C=O) groups is 1. The van der Waals surface area contributed by atoms with E-state index in [2.05, 4.69) is 5.32 Å². The molecule has 0 bridgehead atoms. The van der Waals surface area contributed by atoms with Crippen molar-refractivity contribution in [3.8, 4) is 0 Å². The van der Waals surface area contributed by atoms with E-state index in [9.17, 15) is 4.79 Å². The number of benzene rings is 1. The summed E-state index contributed by atoms with van der Waals surface area (Å²) in [6.45, 7) is 2.19. The first-order valence-corrected chi connectivity index (χ1v) is 6.48. The van der Waals surface area contributed by atoms with Gasteiger partial charge in [-0.1, -0.05) is 23.2 Å². The van der Waals surface area contributed by atoms with Gasteiger partial charge in [-0.2, -0.15) is 0 Å². The quantitative estimate of drug-likeness (QED) is 0.723. The van der Waals surface area contributed by atoms with Crippen molar-refractivity contribution < 1.29 is 26.3 Å². The average Bonchev–Trinajstić information content (AvgIpc) is 2.59. The maximum absolute atomic E-state index is 11.9. The molecule has 4 nitrogen and oxygen atoms in total.